The summed E-state index contributed by atoms with van der Waals surface area (Å²) in [5.41, 5.74) is 0.395. The molecule has 1 aromatic carbocycles. The summed E-state index contributed by atoms with van der Waals surface area (Å²) in [6, 6.07) is 8.82. The van der Waals surface area contributed by atoms with E-state index >= 15 is 0 Å². The van der Waals surface area contributed by atoms with Crippen LogP contribution >= 0.6 is 23.2 Å². The van der Waals surface area contributed by atoms with Crippen LogP contribution in [0.4, 0.5) is 0 Å². The molecule has 1 atom stereocenters. The molecule has 1 saturated heterocycles. The number of ketones is 1. The molecule has 1 amide bonds. The molecule has 0 spiro atoms. The zero-order valence-electron chi connectivity index (χ0n) is 17.5. The van der Waals surface area contributed by atoms with Gasteiger partial charge in [-0.1, -0.05) is 29.3 Å². The first-order chi connectivity index (χ1) is 15.9. The van der Waals surface area contributed by atoms with Gasteiger partial charge in [-0.15, -0.1) is 0 Å². The van der Waals surface area contributed by atoms with Gasteiger partial charge in [0.2, 0.25) is 0 Å². The zero-order valence-corrected chi connectivity index (χ0v) is 19.1. The standard InChI is InChI=1S/C23H18Cl2N2O6/c1-31-21-13(10-14(24)22(32-2)17(21)25)19(28)16-18(15-7-5-9-33-15)27(23(30)20(16)29)11-12-6-3-4-8-26-12/h3-10,18,28H,11H2,1-2H3/b19-16-. The molecule has 2 aromatic heterocycles. The molecule has 33 heavy (non-hydrogen) atoms. The number of Topliss-reactive ketones (excluding diaryl/α,β-unsaturated/α-hetero) is 1. The van der Waals surface area contributed by atoms with Crippen molar-refractivity contribution in [2.75, 3.05) is 14.2 Å². The van der Waals surface area contributed by atoms with Crippen molar-refractivity contribution in [2.45, 2.75) is 12.6 Å². The van der Waals surface area contributed by atoms with E-state index in [4.69, 9.17) is 37.1 Å². The molecule has 3 heterocycles. The number of likely N-dealkylation sites (tertiary alicyclic amines) is 1. The van der Waals surface area contributed by atoms with E-state index in [1.54, 1.807) is 36.5 Å². The van der Waals surface area contributed by atoms with Crippen LogP contribution in [0.3, 0.4) is 0 Å². The summed E-state index contributed by atoms with van der Waals surface area (Å²) < 4.78 is 16.1. The number of hydrogen-bond donors (Lipinski definition) is 1. The Balaban J connectivity index is 1.91. The Bertz CT molecular complexity index is 1240. The van der Waals surface area contributed by atoms with Crippen LogP contribution in [0, 0.1) is 0 Å². The van der Waals surface area contributed by atoms with Crippen LogP contribution in [0.5, 0.6) is 11.5 Å². The fourth-order valence-corrected chi connectivity index (χ4v) is 4.43. The first kappa shape index (κ1) is 22.7. The number of amides is 1. The smallest absolute Gasteiger partial charge is 0.296 e. The number of nitrogens with zero attached hydrogens (tertiary/aromatic N) is 2. The molecule has 1 N–H and O–H groups in total. The van der Waals surface area contributed by atoms with Crippen molar-refractivity contribution in [3.63, 3.8) is 0 Å². The largest absolute Gasteiger partial charge is 0.507 e. The first-order valence-electron chi connectivity index (χ1n) is 9.71. The Kier molecular flexibility index (Phi) is 6.31. The number of aromatic nitrogens is 1. The van der Waals surface area contributed by atoms with E-state index in [-0.39, 0.29) is 45.0 Å². The number of rotatable bonds is 6. The monoisotopic (exact) mass is 488 g/mol. The van der Waals surface area contributed by atoms with Crippen molar-refractivity contribution < 1.29 is 28.6 Å². The van der Waals surface area contributed by atoms with Crippen molar-refractivity contribution in [3.05, 3.63) is 81.5 Å². The molecule has 1 unspecified atom stereocenters. The molecule has 8 nitrogen and oxygen atoms in total. The van der Waals surface area contributed by atoms with Crippen molar-refractivity contribution in [1.29, 1.82) is 0 Å². The molecule has 10 heteroatoms. The fourth-order valence-electron chi connectivity index (χ4n) is 3.74. The van der Waals surface area contributed by atoms with Gasteiger partial charge in [-0.3, -0.25) is 14.6 Å². The van der Waals surface area contributed by atoms with Gasteiger partial charge in [0.1, 0.15) is 22.6 Å². The highest BCUT2D eigenvalue weighted by Gasteiger charge is 2.48. The zero-order chi connectivity index (χ0) is 23.7. The molecule has 4 rings (SSSR count). The third-order valence-corrected chi connectivity index (χ3v) is 5.83. The number of carbonyl (C=O) groups excluding carboxylic acids is 2. The molecule has 1 aliphatic rings. The summed E-state index contributed by atoms with van der Waals surface area (Å²) in [5.74, 6) is -1.75. The summed E-state index contributed by atoms with van der Waals surface area (Å²) in [6.07, 6.45) is 3.00. The van der Waals surface area contributed by atoms with Gasteiger partial charge in [-0.05, 0) is 30.3 Å². The molecular formula is C23H18Cl2N2O6. The maximum absolute atomic E-state index is 13.1. The van der Waals surface area contributed by atoms with Crippen molar-refractivity contribution in [3.8, 4) is 11.5 Å². The summed E-state index contributed by atoms with van der Waals surface area (Å²) in [6.45, 7) is 0.0226. The van der Waals surface area contributed by atoms with E-state index in [0.29, 0.717) is 5.69 Å². The van der Waals surface area contributed by atoms with E-state index in [1.807, 2.05) is 0 Å². The molecule has 0 radical (unpaired) electrons. The number of ether oxygens (including phenoxy) is 2. The molecule has 0 saturated carbocycles. The van der Waals surface area contributed by atoms with Gasteiger partial charge < -0.3 is 23.9 Å². The van der Waals surface area contributed by atoms with E-state index in [1.165, 1.54) is 31.4 Å². The Labute approximate surface area is 198 Å². The average Bonchev–Trinajstić information content (AvgIpc) is 3.42. The second-order valence-electron chi connectivity index (χ2n) is 7.05. The second-order valence-corrected chi connectivity index (χ2v) is 7.84. The van der Waals surface area contributed by atoms with E-state index in [0.717, 1.165) is 0 Å². The average molecular weight is 489 g/mol. The predicted octanol–water partition coefficient (Wildman–Crippen LogP) is 4.62. The quantitative estimate of drug-likeness (QED) is 0.306. The molecule has 1 fully saturated rings. The Morgan fingerprint density at radius 2 is 1.91 bits per heavy atom. The van der Waals surface area contributed by atoms with Crippen molar-refractivity contribution in [2.24, 2.45) is 0 Å². The summed E-state index contributed by atoms with van der Waals surface area (Å²) in [7, 11) is 2.72. The Morgan fingerprint density at radius 1 is 1.15 bits per heavy atom. The minimum Gasteiger partial charge on any atom is -0.507 e. The summed E-state index contributed by atoms with van der Waals surface area (Å²) in [5, 5.41) is 11.4. The number of furan rings is 1. The van der Waals surface area contributed by atoms with Gasteiger partial charge in [0.25, 0.3) is 11.7 Å². The lowest BCUT2D eigenvalue weighted by molar-refractivity contribution is -0.140. The van der Waals surface area contributed by atoms with Crippen LogP contribution in [-0.2, 0) is 16.1 Å². The number of carbonyl (C=O) groups is 2. The highest BCUT2D eigenvalue weighted by molar-refractivity contribution is 6.46. The normalized spacial score (nSPS) is 17.5. The minimum atomic E-state index is -1.01. The maximum atomic E-state index is 13.1. The van der Waals surface area contributed by atoms with Crippen LogP contribution in [-0.4, -0.2) is 40.9 Å². The Hall–Kier alpha value is -3.49. The number of benzene rings is 1. The first-order valence-corrected chi connectivity index (χ1v) is 10.5. The van der Waals surface area contributed by atoms with Gasteiger partial charge in [0.05, 0.1) is 48.9 Å². The number of aliphatic hydroxyl groups excluding tert-OH is 1. The van der Waals surface area contributed by atoms with Gasteiger partial charge in [-0.2, -0.15) is 0 Å². The number of hydrogen-bond acceptors (Lipinski definition) is 7. The summed E-state index contributed by atoms with van der Waals surface area (Å²) >= 11 is 12.6. The van der Waals surface area contributed by atoms with Gasteiger partial charge in [-0.25, -0.2) is 0 Å². The SMILES string of the molecule is COc1c(Cl)cc(/C(O)=C2/C(=O)C(=O)N(Cc3ccccn3)C2c2ccco2)c(OC)c1Cl. The van der Waals surface area contributed by atoms with E-state index in [2.05, 4.69) is 4.98 Å². The lowest BCUT2D eigenvalue weighted by Gasteiger charge is -2.23. The number of methoxy groups -OCH3 is 2. The maximum Gasteiger partial charge on any atom is 0.296 e. The lowest BCUT2D eigenvalue weighted by atomic mass is 9.98. The molecular weight excluding hydrogens is 471 g/mol. The third-order valence-electron chi connectivity index (χ3n) is 5.21. The fraction of sp³-hybridized carbons (Fsp3) is 0.174. The minimum absolute atomic E-state index is 0.00585. The topological polar surface area (TPSA) is 102 Å². The van der Waals surface area contributed by atoms with Gasteiger partial charge >= 0.3 is 0 Å². The number of aliphatic hydroxyl groups is 1. The van der Waals surface area contributed by atoms with E-state index < -0.39 is 23.5 Å². The summed E-state index contributed by atoms with van der Waals surface area (Å²) in [4.78, 5) is 31.6. The van der Waals surface area contributed by atoms with Crippen LogP contribution < -0.4 is 9.47 Å². The van der Waals surface area contributed by atoms with Crippen LogP contribution in [0.15, 0.2) is 58.8 Å². The predicted molar refractivity (Wildman–Crippen MR) is 120 cm³/mol. The van der Waals surface area contributed by atoms with Gasteiger partial charge in [0, 0.05) is 6.20 Å². The number of pyridine rings is 1. The van der Waals surface area contributed by atoms with E-state index in [9.17, 15) is 14.7 Å². The lowest BCUT2D eigenvalue weighted by Crippen LogP contribution is -2.29. The Morgan fingerprint density at radius 3 is 2.52 bits per heavy atom. The van der Waals surface area contributed by atoms with Gasteiger partial charge in [0.15, 0.2) is 11.5 Å². The van der Waals surface area contributed by atoms with Crippen molar-refractivity contribution in [1.82, 2.24) is 9.88 Å². The molecule has 0 aliphatic carbocycles. The number of halogens is 2. The molecule has 1 aliphatic heterocycles. The van der Waals surface area contributed by atoms with Crippen LogP contribution in [0.1, 0.15) is 23.1 Å². The molecule has 0 bridgehead atoms. The van der Waals surface area contributed by atoms with Crippen LogP contribution in [0.2, 0.25) is 10.0 Å². The highest BCUT2D eigenvalue weighted by atomic mass is 35.5. The van der Waals surface area contributed by atoms with Crippen molar-refractivity contribution >= 4 is 40.7 Å². The third kappa shape index (κ3) is 3.92. The van der Waals surface area contributed by atoms with Crippen LogP contribution in [0.25, 0.3) is 5.76 Å². The molecule has 3 aromatic rings. The molecule has 170 valence electrons. The highest BCUT2D eigenvalue weighted by Crippen LogP contribution is 2.47. The second kappa shape index (κ2) is 9.17.